The molecule has 2 aliphatic rings. The van der Waals surface area contributed by atoms with Crippen molar-refractivity contribution in [2.24, 2.45) is 5.92 Å². The van der Waals surface area contributed by atoms with Gasteiger partial charge in [0.2, 0.25) is 5.91 Å². The molecule has 1 aliphatic carbocycles. The molecule has 1 saturated heterocycles. The zero-order chi connectivity index (χ0) is 18.4. The average molecular weight is 383 g/mol. The minimum absolute atomic E-state index is 0.266. The highest BCUT2D eigenvalue weighted by Gasteiger charge is 2.35. The van der Waals surface area contributed by atoms with Gasteiger partial charge in [-0.1, -0.05) is 0 Å². The van der Waals surface area contributed by atoms with Gasteiger partial charge in [0.25, 0.3) is 0 Å². The molecular weight excluding hydrogens is 365 g/mol. The van der Waals surface area contributed by atoms with Crippen molar-refractivity contribution in [3.05, 3.63) is 36.4 Å². The molecule has 0 unspecified atom stereocenters. The predicted octanol–water partition coefficient (Wildman–Crippen LogP) is 2.95. The second kappa shape index (κ2) is 6.53. The monoisotopic (exact) mass is 383 g/mol. The zero-order valence-corrected chi connectivity index (χ0v) is 15.5. The Balaban J connectivity index is 1.41. The molecule has 0 N–H and O–H groups in total. The van der Waals surface area contributed by atoms with Crippen LogP contribution in [0.1, 0.15) is 12.8 Å². The number of carbonyl (C=O) groups is 1. The smallest absolute Gasteiger partial charge is 0.225 e. The van der Waals surface area contributed by atoms with Crippen molar-refractivity contribution in [1.29, 1.82) is 0 Å². The van der Waals surface area contributed by atoms with Gasteiger partial charge in [-0.05, 0) is 48.6 Å². The third-order valence-corrected chi connectivity index (χ3v) is 6.01. The van der Waals surface area contributed by atoms with Gasteiger partial charge < -0.3 is 9.80 Å². The molecular formula is C19H18FN5OS. The van der Waals surface area contributed by atoms with Gasteiger partial charge in [-0.25, -0.2) is 14.4 Å². The Labute approximate surface area is 159 Å². The molecule has 1 aromatic carbocycles. The van der Waals surface area contributed by atoms with Crippen LogP contribution in [0.2, 0.25) is 0 Å². The number of nitrogens with zero attached hydrogens (tertiary/aromatic N) is 5. The number of rotatable bonds is 3. The van der Waals surface area contributed by atoms with E-state index in [9.17, 15) is 9.18 Å². The molecule has 1 amide bonds. The van der Waals surface area contributed by atoms with Gasteiger partial charge in [-0.3, -0.25) is 4.79 Å². The summed E-state index contributed by atoms with van der Waals surface area (Å²) in [6, 6.07) is 6.29. The van der Waals surface area contributed by atoms with Crippen molar-refractivity contribution in [2.75, 3.05) is 31.1 Å². The number of carbonyl (C=O) groups excluding carboxylic acids is 1. The summed E-state index contributed by atoms with van der Waals surface area (Å²) in [6.07, 6.45) is 3.64. The molecule has 0 atom stereocenters. The van der Waals surface area contributed by atoms with Gasteiger partial charge in [0.15, 0.2) is 5.82 Å². The summed E-state index contributed by atoms with van der Waals surface area (Å²) in [5.74, 6) is 1.16. The van der Waals surface area contributed by atoms with E-state index in [1.807, 2.05) is 4.90 Å². The molecule has 5 rings (SSSR count). The van der Waals surface area contributed by atoms with Crippen LogP contribution in [0, 0.1) is 11.7 Å². The number of aromatic nitrogens is 3. The topological polar surface area (TPSA) is 62.2 Å². The summed E-state index contributed by atoms with van der Waals surface area (Å²) < 4.78 is 18.7. The first-order valence-electron chi connectivity index (χ1n) is 9.11. The van der Waals surface area contributed by atoms with Gasteiger partial charge in [-0.2, -0.15) is 4.37 Å². The van der Waals surface area contributed by atoms with Crippen LogP contribution in [-0.2, 0) is 4.79 Å². The highest BCUT2D eigenvalue weighted by Crippen LogP contribution is 2.35. The van der Waals surface area contributed by atoms with E-state index >= 15 is 0 Å². The van der Waals surface area contributed by atoms with Gasteiger partial charge in [0.05, 0.1) is 0 Å². The van der Waals surface area contributed by atoms with Gasteiger partial charge in [-0.15, -0.1) is 0 Å². The van der Waals surface area contributed by atoms with Gasteiger partial charge >= 0.3 is 0 Å². The van der Waals surface area contributed by atoms with Crippen LogP contribution < -0.4 is 4.90 Å². The number of fused-ring (bicyclic) bond motifs is 1. The zero-order valence-electron chi connectivity index (χ0n) is 14.6. The molecule has 0 bridgehead atoms. The summed E-state index contributed by atoms with van der Waals surface area (Å²) in [5, 5.41) is 0. The van der Waals surface area contributed by atoms with Crippen LogP contribution in [0.15, 0.2) is 30.6 Å². The van der Waals surface area contributed by atoms with E-state index in [0.29, 0.717) is 5.91 Å². The molecule has 138 valence electrons. The Morgan fingerprint density at radius 1 is 1.07 bits per heavy atom. The fourth-order valence-corrected chi connectivity index (χ4v) is 4.38. The fraction of sp³-hybridized carbons (Fsp3) is 0.368. The standard InChI is InChI=1S/C19H18FN5OS/c20-14-5-3-12(4-6-14)15-16-17(27-23-15)18(22-11-21-16)24-7-9-25(10-8-24)19(26)13-1-2-13/h3-6,11,13H,1-2,7-10H2. The summed E-state index contributed by atoms with van der Waals surface area (Å²) in [7, 11) is 0. The third kappa shape index (κ3) is 3.03. The number of amides is 1. The van der Waals surface area contributed by atoms with Crippen LogP contribution in [0.4, 0.5) is 10.2 Å². The maximum atomic E-state index is 13.2. The second-order valence-corrected chi connectivity index (χ2v) is 7.77. The molecule has 2 fully saturated rings. The number of anilines is 1. The Morgan fingerprint density at radius 2 is 1.81 bits per heavy atom. The van der Waals surface area contributed by atoms with Crippen LogP contribution in [-0.4, -0.2) is 51.3 Å². The molecule has 0 radical (unpaired) electrons. The van der Waals surface area contributed by atoms with E-state index in [-0.39, 0.29) is 11.7 Å². The lowest BCUT2D eigenvalue weighted by atomic mass is 10.1. The molecule has 3 aromatic rings. The largest absolute Gasteiger partial charge is 0.352 e. The maximum absolute atomic E-state index is 13.2. The Hall–Kier alpha value is -2.61. The third-order valence-electron chi connectivity index (χ3n) is 5.17. The molecule has 27 heavy (non-hydrogen) atoms. The number of hydrogen-bond donors (Lipinski definition) is 0. The summed E-state index contributed by atoms with van der Waals surface area (Å²) in [5.41, 5.74) is 2.38. The molecule has 8 heteroatoms. The number of piperazine rings is 1. The van der Waals surface area contributed by atoms with Gasteiger partial charge in [0.1, 0.15) is 28.1 Å². The summed E-state index contributed by atoms with van der Waals surface area (Å²) in [6.45, 7) is 2.97. The van der Waals surface area contributed by atoms with E-state index in [4.69, 9.17) is 0 Å². The van der Waals surface area contributed by atoms with Crippen molar-refractivity contribution in [3.63, 3.8) is 0 Å². The molecule has 1 saturated carbocycles. The SMILES string of the molecule is O=C(C1CC1)N1CCN(c2ncnc3c(-c4ccc(F)cc4)nsc23)CC1. The number of hydrogen-bond acceptors (Lipinski definition) is 6. The summed E-state index contributed by atoms with van der Waals surface area (Å²) >= 11 is 1.36. The van der Waals surface area contributed by atoms with Crippen LogP contribution in [0.25, 0.3) is 21.5 Å². The van der Waals surface area contributed by atoms with E-state index in [1.54, 1.807) is 18.5 Å². The first-order chi connectivity index (χ1) is 13.2. The lowest BCUT2D eigenvalue weighted by Gasteiger charge is -2.35. The predicted molar refractivity (Wildman–Crippen MR) is 102 cm³/mol. The second-order valence-electron chi connectivity index (χ2n) is 7.00. The van der Waals surface area contributed by atoms with Crippen LogP contribution in [0.5, 0.6) is 0 Å². The quantitative estimate of drug-likeness (QED) is 0.696. The van der Waals surface area contributed by atoms with E-state index in [2.05, 4.69) is 19.2 Å². The highest BCUT2D eigenvalue weighted by molar-refractivity contribution is 7.14. The normalized spacial score (nSPS) is 17.5. The lowest BCUT2D eigenvalue weighted by Crippen LogP contribution is -2.49. The van der Waals surface area contributed by atoms with E-state index < -0.39 is 0 Å². The molecule has 2 aromatic heterocycles. The molecule has 1 aliphatic heterocycles. The minimum atomic E-state index is -0.271. The van der Waals surface area contributed by atoms with Crippen molar-refractivity contribution in [3.8, 4) is 11.3 Å². The first-order valence-corrected chi connectivity index (χ1v) is 9.88. The molecule has 3 heterocycles. The van der Waals surface area contributed by atoms with Crippen molar-refractivity contribution in [2.45, 2.75) is 12.8 Å². The Bertz CT molecular complexity index is 993. The maximum Gasteiger partial charge on any atom is 0.225 e. The Kier molecular flexibility index (Phi) is 4.00. The molecule has 6 nitrogen and oxygen atoms in total. The fourth-order valence-electron chi connectivity index (χ4n) is 3.50. The van der Waals surface area contributed by atoms with E-state index in [1.165, 1.54) is 23.7 Å². The van der Waals surface area contributed by atoms with Crippen LogP contribution >= 0.6 is 11.5 Å². The molecule has 0 spiro atoms. The number of benzene rings is 1. The van der Waals surface area contributed by atoms with E-state index in [0.717, 1.165) is 66.3 Å². The highest BCUT2D eigenvalue weighted by atomic mass is 32.1. The average Bonchev–Trinajstić information content (AvgIpc) is 3.47. The lowest BCUT2D eigenvalue weighted by molar-refractivity contribution is -0.132. The first kappa shape index (κ1) is 16.6. The van der Waals surface area contributed by atoms with Crippen LogP contribution in [0.3, 0.4) is 0 Å². The van der Waals surface area contributed by atoms with Crippen molar-refractivity contribution >= 4 is 33.5 Å². The minimum Gasteiger partial charge on any atom is -0.352 e. The Morgan fingerprint density at radius 3 is 2.52 bits per heavy atom. The summed E-state index contributed by atoms with van der Waals surface area (Å²) in [4.78, 5) is 25.3. The van der Waals surface area contributed by atoms with Crippen molar-refractivity contribution < 1.29 is 9.18 Å². The van der Waals surface area contributed by atoms with Crippen molar-refractivity contribution in [1.82, 2.24) is 19.2 Å². The van der Waals surface area contributed by atoms with Gasteiger partial charge in [0, 0.05) is 37.7 Å². The number of halogens is 1.